The SMILES string of the molecule is Cc1nc(Cl)c2nnc(-c3ccoc3Br)n2c1C. The summed E-state index contributed by atoms with van der Waals surface area (Å²) in [6.45, 7) is 3.85. The second-order valence-electron chi connectivity index (χ2n) is 3.86. The lowest BCUT2D eigenvalue weighted by Crippen LogP contribution is -2.00. The predicted octanol–water partition coefficient (Wildman–Crippen LogP) is 3.42. The van der Waals surface area contributed by atoms with Crippen LogP contribution in [-0.2, 0) is 0 Å². The van der Waals surface area contributed by atoms with Crippen molar-refractivity contribution in [1.82, 2.24) is 19.6 Å². The lowest BCUT2D eigenvalue weighted by atomic mass is 10.3. The quantitative estimate of drug-likeness (QED) is 0.687. The average molecular weight is 328 g/mol. The van der Waals surface area contributed by atoms with Gasteiger partial charge in [-0.05, 0) is 35.8 Å². The normalized spacial score (nSPS) is 11.3. The molecule has 0 bridgehead atoms. The van der Waals surface area contributed by atoms with E-state index in [1.807, 2.05) is 24.3 Å². The van der Waals surface area contributed by atoms with Gasteiger partial charge in [0.05, 0.1) is 17.5 Å². The van der Waals surface area contributed by atoms with Crippen LogP contribution in [0.3, 0.4) is 0 Å². The van der Waals surface area contributed by atoms with Crippen molar-refractivity contribution < 1.29 is 4.42 Å². The molecule has 0 saturated heterocycles. The summed E-state index contributed by atoms with van der Waals surface area (Å²) in [4.78, 5) is 4.23. The molecule has 0 spiro atoms. The Balaban J connectivity index is 2.42. The van der Waals surface area contributed by atoms with Crippen molar-refractivity contribution in [3.63, 3.8) is 0 Å². The number of rotatable bonds is 1. The molecule has 92 valence electrons. The number of halogens is 2. The molecule has 0 saturated carbocycles. The van der Waals surface area contributed by atoms with Gasteiger partial charge in [-0.2, -0.15) is 0 Å². The molecule has 3 rings (SSSR count). The van der Waals surface area contributed by atoms with Gasteiger partial charge >= 0.3 is 0 Å². The highest BCUT2D eigenvalue weighted by molar-refractivity contribution is 9.10. The minimum atomic E-state index is 0.344. The minimum Gasteiger partial charge on any atom is -0.457 e. The molecule has 0 aliphatic heterocycles. The van der Waals surface area contributed by atoms with E-state index in [-0.39, 0.29) is 0 Å². The number of aromatic nitrogens is 4. The number of nitrogens with zero attached hydrogens (tertiary/aromatic N) is 4. The maximum absolute atomic E-state index is 6.08. The van der Waals surface area contributed by atoms with Gasteiger partial charge in [-0.15, -0.1) is 10.2 Å². The highest BCUT2D eigenvalue weighted by Crippen LogP contribution is 2.30. The summed E-state index contributed by atoms with van der Waals surface area (Å²) in [5.74, 6) is 0.676. The van der Waals surface area contributed by atoms with E-state index in [1.54, 1.807) is 6.26 Å². The molecule has 18 heavy (non-hydrogen) atoms. The van der Waals surface area contributed by atoms with Crippen molar-refractivity contribution in [2.24, 2.45) is 0 Å². The summed E-state index contributed by atoms with van der Waals surface area (Å²) in [6, 6.07) is 1.82. The molecule has 0 aromatic carbocycles. The smallest absolute Gasteiger partial charge is 0.199 e. The first-order chi connectivity index (χ1) is 8.59. The van der Waals surface area contributed by atoms with Gasteiger partial charge in [-0.25, -0.2) is 4.98 Å². The van der Waals surface area contributed by atoms with Crippen molar-refractivity contribution in [3.8, 4) is 11.4 Å². The second kappa shape index (κ2) is 4.07. The fraction of sp³-hybridized carbons (Fsp3) is 0.182. The molecule has 3 aromatic heterocycles. The Hall–Kier alpha value is -1.40. The van der Waals surface area contributed by atoms with Crippen molar-refractivity contribution in [1.29, 1.82) is 0 Å². The first-order valence-electron chi connectivity index (χ1n) is 5.21. The Bertz CT molecular complexity index is 749. The molecule has 0 unspecified atom stereocenters. The summed E-state index contributed by atoms with van der Waals surface area (Å²) in [6.07, 6.45) is 1.59. The van der Waals surface area contributed by atoms with Crippen LogP contribution < -0.4 is 0 Å². The molecule has 0 fully saturated rings. The Labute approximate surface area is 116 Å². The molecule has 7 heteroatoms. The maximum atomic E-state index is 6.08. The van der Waals surface area contributed by atoms with Gasteiger partial charge in [-0.3, -0.25) is 4.40 Å². The molecule has 0 atom stereocenters. The zero-order valence-electron chi connectivity index (χ0n) is 9.61. The molecule has 0 amide bonds. The third-order valence-electron chi connectivity index (χ3n) is 2.83. The van der Waals surface area contributed by atoms with Gasteiger partial charge in [0, 0.05) is 5.69 Å². The molecule has 3 aromatic rings. The Morgan fingerprint density at radius 1 is 1.33 bits per heavy atom. The monoisotopic (exact) mass is 326 g/mol. The topological polar surface area (TPSA) is 56.2 Å². The molecule has 5 nitrogen and oxygen atoms in total. The van der Waals surface area contributed by atoms with Gasteiger partial charge in [0.2, 0.25) is 0 Å². The van der Waals surface area contributed by atoms with E-state index in [0.717, 1.165) is 17.0 Å². The molecule has 0 aliphatic rings. The van der Waals surface area contributed by atoms with E-state index < -0.39 is 0 Å². The van der Waals surface area contributed by atoms with Crippen LogP contribution in [-0.4, -0.2) is 19.6 Å². The Morgan fingerprint density at radius 2 is 2.11 bits per heavy atom. The number of aryl methyl sites for hydroxylation is 2. The van der Waals surface area contributed by atoms with E-state index >= 15 is 0 Å². The molecular formula is C11H8BrClN4O. The first-order valence-corrected chi connectivity index (χ1v) is 6.38. The predicted molar refractivity (Wildman–Crippen MR) is 70.7 cm³/mol. The van der Waals surface area contributed by atoms with Crippen molar-refractivity contribution in [3.05, 3.63) is 33.5 Å². The van der Waals surface area contributed by atoms with Gasteiger partial charge in [0.1, 0.15) is 0 Å². The van der Waals surface area contributed by atoms with E-state index in [2.05, 4.69) is 31.1 Å². The maximum Gasteiger partial charge on any atom is 0.199 e. The van der Waals surface area contributed by atoms with Crippen LogP contribution in [0.5, 0.6) is 0 Å². The molecule has 0 N–H and O–H groups in total. The van der Waals surface area contributed by atoms with Crippen LogP contribution in [0, 0.1) is 13.8 Å². The summed E-state index contributed by atoms with van der Waals surface area (Å²) >= 11 is 9.42. The lowest BCUT2D eigenvalue weighted by molar-refractivity contribution is 0.542. The van der Waals surface area contributed by atoms with Gasteiger partial charge in [0.15, 0.2) is 21.3 Å². The lowest BCUT2D eigenvalue weighted by Gasteiger charge is -2.06. The summed E-state index contributed by atoms with van der Waals surface area (Å²) in [5.41, 5.74) is 3.16. The van der Waals surface area contributed by atoms with E-state index in [9.17, 15) is 0 Å². The minimum absolute atomic E-state index is 0.344. The zero-order chi connectivity index (χ0) is 12.9. The van der Waals surface area contributed by atoms with Crippen LogP contribution in [0.4, 0.5) is 0 Å². The van der Waals surface area contributed by atoms with Crippen LogP contribution in [0.15, 0.2) is 21.4 Å². The third-order valence-corrected chi connectivity index (χ3v) is 3.70. The fourth-order valence-corrected chi connectivity index (χ4v) is 2.47. The standard InChI is InChI=1S/C11H8BrClN4O/c1-5-6(2)17-10(7-3-4-18-8(7)12)15-16-11(17)9(13)14-5/h3-4H,1-2H3. The Morgan fingerprint density at radius 3 is 2.78 bits per heavy atom. The third kappa shape index (κ3) is 1.56. The largest absolute Gasteiger partial charge is 0.457 e. The second-order valence-corrected chi connectivity index (χ2v) is 4.94. The molecule has 0 radical (unpaired) electrons. The summed E-state index contributed by atoms with van der Waals surface area (Å²) in [5, 5.41) is 8.58. The van der Waals surface area contributed by atoms with Crippen molar-refractivity contribution in [2.45, 2.75) is 13.8 Å². The number of furan rings is 1. The van der Waals surface area contributed by atoms with E-state index in [0.29, 0.717) is 21.3 Å². The zero-order valence-corrected chi connectivity index (χ0v) is 11.9. The van der Waals surface area contributed by atoms with Gasteiger partial charge < -0.3 is 4.42 Å². The summed E-state index contributed by atoms with van der Waals surface area (Å²) in [7, 11) is 0. The van der Waals surface area contributed by atoms with Crippen LogP contribution in [0.2, 0.25) is 5.15 Å². The van der Waals surface area contributed by atoms with Crippen molar-refractivity contribution in [2.75, 3.05) is 0 Å². The van der Waals surface area contributed by atoms with E-state index in [4.69, 9.17) is 16.0 Å². The molecule has 3 heterocycles. The molecular weight excluding hydrogens is 320 g/mol. The first kappa shape index (κ1) is 11.7. The summed E-state index contributed by atoms with van der Waals surface area (Å²) < 4.78 is 7.71. The number of hydrogen-bond acceptors (Lipinski definition) is 4. The average Bonchev–Trinajstić information content (AvgIpc) is 2.91. The highest BCUT2D eigenvalue weighted by atomic mass is 79.9. The van der Waals surface area contributed by atoms with Gasteiger partial charge in [-0.1, -0.05) is 11.6 Å². The Kier molecular flexibility index (Phi) is 2.64. The van der Waals surface area contributed by atoms with Crippen LogP contribution in [0.25, 0.3) is 17.0 Å². The number of hydrogen-bond donors (Lipinski definition) is 0. The van der Waals surface area contributed by atoms with E-state index in [1.165, 1.54) is 0 Å². The number of fused-ring (bicyclic) bond motifs is 1. The molecule has 0 aliphatic carbocycles. The van der Waals surface area contributed by atoms with Crippen LogP contribution >= 0.6 is 27.5 Å². The highest BCUT2D eigenvalue weighted by Gasteiger charge is 2.18. The fourth-order valence-electron chi connectivity index (χ4n) is 1.80. The van der Waals surface area contributed by atoms with Crippen molar-refractivity contribution >= 4 is 33.2 Å². The van der Waals surface area contributed by atoms with Crippen LogP contribution in [0.1, 0.15) is 11.4 Å². The van der Waals surface area contributed by atoms with Gasteiger partial charge in [0.25, 0.3) is 0 Å².